The predicted octanol–water partition coefficient (Wildman–Crippen LogP) is 7.78. The Morgan fingerprint density at radius 3 is 1.94 bits per heavy atom. The van der Waals surface area contributed by atoms with Gasteiger partial charge in [0.25, 0.3) is 0 Å². The van der Waals surface area contributed by atoms with Crippen LogP contribution in [0.2, 0.25) is 0 Å². The Morgan fingerprint density at radius 1 is 0.686 bits per heavy atom. The van der Waals surface area contributed by atoms with Crippen molar-refractivity contribution in [1.82, 2.24) is 0 Å². The molecule has 35 heavy (non-hydrogen) atoms. The third-order valence-electron chi connectivity index (χ3n) is 5.60. The van der Waals surface area contributed by atoms with Crippen LogP contribution in [0.3, 0.4) is 0 Å². The molecule has 5 heteroatoms. The minimum absolute atomic E-state index is 0.318. The smallest absolute Gasteiger partial charge is 0.338 e. The fourth-order valence-corrected chi connectivity index (χ4v) is 3.50. The lowest BCUT2D eigenvalue weighted by Crippen LogP contribution is -2.06. The third kappa shape index (κ3) is 12.3. The molecule has 0 atom stereocenters. The average molecular weight is 481 g/mol. The lowest BCUT2D eigenvalue weighted by molar-refractivity contribution is -0.128. The zero-order valence-corrected chi connectivity index (χ0v) is 21.3. The molecule has 0 bridgehead atoms. The fourth-order valence-electron chi connectivity index (χ4n) is 3.50. The van der Waals surface area contributed by atoms with Gasteiger partial charge < -0.3 is 14.2 Å². The maximum atomic E-state index is 12.2. The Balaban J connectivity index is 1.70. The summed E-state index contributed by atoms with van der Waals surface area (Å²) in [5.74, 6) is 0.436. The molecule has 0 amide bonds. The number of unbranched alkanes of at least 4 members (excludes halogenated alkanes) is 8. The van der Waals surface area contributed by atoms with Crippen molar-refractivity contribution in [1.29, 1.82) is 0 Å². The molecule has 0 heterocycles. The summed E-state index contributed by atoms with van der Waals surface area (Å²) in [6.45, 7) is 5.52. The Bertz CT molecular complexity index is 884. The van der Waals surface area contributed by atoms with Crippen LogP contribution >= 0.6 is 0 Å². The zero-order chi connectivity index (χ0) is 25.1. The number of esters is 2. The van der Waals surface area contributed by atoms with Crippen molar-refractivity contribution in [2.24, 2.45) is 0 Å². The van der Waals surface area contributed by atoms with Crippen molar-refractivity contribution in [3.05, 3.63) is 65.7 Å². The summed E-state index contributed by atoms with van der Waals surface area (Å²) in [6, 6.07) is 14.0. The van der Waals surface area contributed by atoms with Crippen LogP contribution in [0.1, 0.15) is 94.0 Å². The van der Waals surface area contributed by atoms with E-state index in [2.05, 4.69) is 13.8 Å². The molecule has 0 saturated carbocycles. The van der Waals surface area contributed by atoms with Crippen LogP contribution in [0.25, 0.3) is 6.08 Å². The van der Waals surface area contributed by atoms with E-state index >= 15 is 0 Å². The second kappa shape index (κ2) is 17.4. The standard InChI is InChI=1S/C30H40O5/c1-3-5-7-9-10-12-24-34-30(32)26-16-13-25(14-17-26)15-22-29(31)35-28-20-18-27(19-21-28)33-23-11-8-6-4-2/h13-22H,3-12,23-24H2,1-2H3. The van der Waals surface area contributed by atoms with E-state index in [1.807, 2.05) is 0 Å². The van der Waals surface area contributed by atoms with Crippen molar-refractivity contribution >= 4 is 18.0 Å². The highest BCUT2D eigenvalue weighted by molar-refractivity contribution is 5.91. The summed E-state index contributed by atoms with van der Waals surface area (Å²) < 4.78 is 16.4. The monoisotopic (exact) mass is 480 g/mol. The van der Waals surface area contributed by atoms with Crippen molar-refractivity contribution < 1.29 is 23.8 Å². The molecule has 0 spiro atoms. The quantitative estimate of drug-likeness (QED) is 0.100. The lowest BCUT2D eigenvalue weighted by Gasteiger charge is -2.07. The van der Waals surface area contributed by atoms with Gasteiger partial charge in [-0.3, -0.25) is 0 Å². The first-order valence-corrected chi connectivity index (χ1v) is 13.0. The molecule has 0 aliphatic rings. The number of carbonyl (C=O) groups is 2. The number of benzene rings is 2. The van der Waals surface area contributed by atoms with E-state index < -0.39 is 5.97 Å². The van der Waals surface area contributed by atoms with Gasteiger partial charge in [-0.15, -0.1) is 0 Å². The minimum atomic E-state index is -0.472. The molecule has 0 aromatic heterocycles. The molecule has 0 N–H and O–H groups in total. The molecule has 5 nitrogen and oxygen atoms in total. The average Bonchev–Trinajstić information content (AvgIpc) is 2.88. The van der Waals surface area contributed by atoms with Crippen LogP contribution in [0.15, 0.2) is 54.6 Å². The first-order valence-electron chi connectivity index (χ1n) is 13.0. The molecule has 0 unspecified atom stereocenters. The molecule has 0 saturated heterocycles. The third-order valence-corrected chi connectivity index (χ3v) is 5.60. The normalized spacial score (nSPS) is 10.9. The second-order valence-electron chi connectivity index (χ2n) is 8.66. The number of ether oxygens (including phenoxy) is 3. The van der Waals surface area contributed by atoms with Gasteiger partial charge in [0.1, 0.15) is 11.5 Å². The van der Waals surface area contributed by atoms with Crippen LogP contribution in [-0.2, 0) is 9.53 Å². The summed E-state index contributed by atoms with van der Waals surface area (Å²) in [5, 5.41) is 0. The van der Waals surface area contributed by atoms with E-state index in [9.17, 15) is 9.59 Å². The van der Waals surface area contributed by atoms with Gasteiger partial charge in [0.2, 0.25) is 0 Å². The summed E-state index contributed by atoms with van der Waals surface area (Å²) in [4.78, 5) is 24.3. The molecule has 2 rings (SSSR count). The summed E-state index contributed by atoms with van der Waals surface area (Å²) in [5.41, 5.74) is 1.30. The van der Waals surface area contributed by atoms with Gasteiger partial charge in [-0.1, -0.05) is 77.3 Å². The summed E-state index contributed by atoms with van der Waals surface area (Å²) in [6.07, 6.45) is 14.6. The molecule has 0 fully saturated rings. The van der Waals surface area contributed by atoms with E-state index in [1.54, 1.807) is 54.6 Å². The highest BCUT2D eigenvalue weighted by Gasteiger charge is 2.07. The van der Waals surface area contributed by atoms with E-state index in [4.69, 9.17) is 14.2 Å². The SMILES string of the molecule is CCCCCCCCOC(=O)c1ccc(C=CC(=O)Oc2ccc(OCCCCCC)cc2)cc1. The highest BCUT2D eigenvalue weighted by Crippen LogP contribution is 2.18. The highest BCUT2D eigenvalue weighted by atomic mass is 16.5. The number of rotatable bonds is 17. The van der Waals surface area contributed by atoms with Crippen molar-refractivity contribution in [3.8, 4) is 11.5 Å². The van der Waals surface area contributed by atoms with Crippen molar-refractivity contribution in [2.45, 2.75) is 78.1 Å². The molecule has 0 aliphatic heterocycles. The predicted molar refractivity (Wildman–Crippen MR) is 141 cm³/mol. The summed E-state index contributed by atoms with van der Waals surface area (Å²) in [7, 11) is 0. The molecular formula is C30H40O5. The summed E-state index contributed by atoms with van der Waals surface area (Å²) >= 11 is 0. The molecule has 0 aliphatic carbocycles. The van der Waals surface area contributed by atoms with E-state index in [-0.39, 0.29) is 5.97 Å². The van der Waals surface area contributed by atoms with Gasteiger partial charge in [0.05, 0.1) is 18.8 Å². The van der Waals surface area contributed by atoms with Gasteiger partial charge in [-0.2, -0.15) is 0 Å². The maximum Gasteiger partial charge on any atom is 0.338 e. The molecule has 190 valence electrons. The van der Waals surface area contributed by atoms with E-state index in [1.165, 1.54) is 51.0 Å². The molecule has 2 aromatic rings. The van der Waals surface area contributed by atoms with Crippen LogP contribution in [0, 0.1) is 0 Å². The molecular weight excluding hydrogens is 440 g/mol. The lowest BCUT2D eigenvalue weighted by atomic mass is 10.1. The van der Waals surface area contributed by atoms with Gasteiger partial charge in [0.15, 0.2) is 0 Å². The van der Waals surface area contributed by atoms with Gasteiger partial charge >= 0.3 is 11.9 Å². The largest absolute Gasteiger partial charge is 0.494 e. The van der Waals surface area contributed by atoms with Gasteiger partial charge in [0, 0.05) is 6.08 Å². The second-order valence-corrected chi connectivity index (χ2v) is 8.66. The van der Waals surface area contributed by atoms with Crippen LogP contribution in [0.4, 0.5) is 0 Å². The number of hydrogen-bond acceptors (Lipinski definition) is 5. The topological polar surface area (TPSA) is 61.8 Å². The Hall–Kier alpha value is -3.08. The van der Waals surface area contributed by atoms with Crippen LogP contribution in [-0.4, -0.2) is 25.2 Å². The van der Waals surface area contributed by atoms with Gasteiger partial charge in [-0.05, 0) is 60.9 Å². The van der Waals surface area contributed by atoms with Crippen LogP contribution < -0.4 is 9.47 Å². The Labute approximate surface area is 210 Å². The van der Waals surface area contributed by atoms with Gasteiger partial charge in [-0.25, -0.2) is 9.59 Å². The van der Waals surface area contributed by atoms with E-state index in [0.717, 1.165) is 30.6 Å². The fraction of sp³-hybridized carbons (Fsp3) is 0.467. The maximum absolute atomic E-state index is 12.2. The molecule has 2 aromatic carbocycles. The van der Waals surface area contributed by atoms with Crippen LogP contribution in [0.5, 0.6) is 11.5 Å². The number of hydrogen-bond donors (Lipinski definition) is 0. The molecule has 0 radical (unpaired) electrons. The Morgan fingerprint density at radius 2 is 1.26 bits per heavy atom. The first-order chi connectivity index (χ1) is 17.1. The minimum Gasteiger partial charge on any atom is -0.494 e. The van der Waals surface area contributed by atoms with E-state index in [0.29, 0.717) is 24.5 Å². The van der Waals surface area contributed by atoms with Crippen molar-refractivity contribution in [3.63, 3.8) is 0 Å². The Kier molecular flexibility index (Phi) is 14.0. The van der Waals surface area contributed by atoms with Crippen molar-refractivity contribution in [2.75, 3.05) is 13.2 Å². The number of carbonyl (C=O) groups excluding carboxylic acids is 2. The zero-order valence-electron chi connectivity index (χ0n) is 21.3. The first kappa shape index (κ1) is 28.2.